The average Bonchev–Trinajstić information content (AvgIpc) is 2.85. The Hall–Kier alpha value is -2.77. The zero-order valence-corrected chi connectivity index (χ0v) is 24.4. The van der Waals surface area contributed by atoms with Gasteiger partial charge in [-0.05, 0) is 89.7 Å². The molecule has 0 aliphatic carbocycles. The molecule has 0 aliphatic rings. The van der Waals surface area contributed by atoms with Crippen molar-refractivity contribution >= 4 is 11.9 Å². The second-order valence-electron chi connectivity index (χ2n) is 10.2. The number of carboxylic acid groups (broad SMARTS) is 2. The summed E-state index contributed by atoms with van der Waals surface area (Å²) >= 11 is 0. The van der Waals surface area contributed by atoms with Crippen molar-refractivity contribution in [2.45, 2.75) is 92.7 Å². The molecule has 0 aliphatic heterocycles. The first-order valence-corrected chi connectivity index (χ1v) is 13.9. The Balaban J connectivity index is 3.03. The van der Waals surface area contributed by atoms with E-state index in [0.717, 1.165) is 35.2 Å². The van der Waals surface area contributed by atoms with E-state index in [9.17, 15) is 19.8 Å². The first kappa shape index (κ1) is 31.4. The molecule has 1 heterocycles. The molecule has 1 aromatic heterocycles. The van der Waals surface area contributed by atoms with Gasteiger partial charge in [0.2, 0.25) is 0 Å². The summed E-state index contributed by atoms with van der Waals surface area (Å²) in [5, 5.41) is 20.9. The molecule has 0 bridgehead atoms. The van der Waals surface area contributed by atoms with Crippen LogP contribution in [0.1, 0.15) is 82.7 Å². The van der Waals surface area contributed by atoms with E-state index in [1.165, 1.54) is 5.56 Å². The van der Waals surface area contributed by atoms with E-state index in [1.807, 2.05) is 25.1 Å². The standard InChI is InChI=1S/C31H46N2O5/c1-9-17-33(18-10-2)31(12-4,27(38-13-5)30(11-3,28(34)35)29(36)37)25-16-14-15-24(32-25)26-22(7)19-21(6)20-23(26)8/h14-16,19-20,27H,9-13,17-18H2,1-8H3,(H,34,35)(H,36,37). The fraction of sp³-hybridized carbons (Fsp3) is 0.581. The number of ether oxygens (including phenoxy) is 1. The van der Waals surface area contributed by atoms with Crippen molar-refractivity contribution in [3.05, 3.63) is 52.7 Å². The van der Waals surface area contributed by atoms with E-state index in [0.29, 0.717) is 25.2 Å². The highest BCUT2D eigenvalue weighted by Gasteiger charge is 2.62. The number of nitrogens with zero attached hydrogens (tertiary/aromatic N) is 2. The monoisotopic (exact) mass is 526 g/mol. The van der Waals surface area contributed by atoms with Crippen molar-refractivity contribution in [1.82, 2.24) is 9.88 Å². The maximum Gasteiger partial charge on any atom is 0.323 e. The number of hydrogen-bond acceptors (Lipinski definition) is 5. The Morgan fingerprint density at radius 1 is 0.921 bits per heavy atom. The fourth-order valence-electron chi connectivity index (χ4n) is 6.16. The van der Waals surface area contributed by atoms with Gasteiger partial charge in [0.25, 0.3) is 0 Å². The summed E-state index contributed by atoms with van der Waals surface area (Å²) in [5.74, 6) is -2.78. The number of pyridine rings is 1. The fourth-order valence-corrected chi connectivity index (χ4v) is 6.16. The van der Waals surface area contributed by atoms with Gasteiger partial charge in [-0.25, -0.2) is 0 Å². The predicted molar refractivity (Wildman–Crippen MR) is 151 cm³/mol. The quantitative estimate of drug-likeness (QED) is 0.260. The van der Waals surface area contributed by atoms with E-state index in [1.54, 1.807) is 13.8 Å². The molecule has 0 radical (unpaired) electrons. The molecule has 0 fully saturated rings. The summed E-state index contributed by atoms with van der Waals surface area (Å²) in [4.78, 5) is 33.1. The van der Waals surface area contributed by atoms with Crippen LogP contribution in [0.25, 0.3) is 11.3 Å². The smallest absolute Gasteiger partial charge is 0.323 e. The van der Waals surface area contributed by atoms with Crippen LogP contribution in [-0.4, -0.2) is 57.8 Å². The SMILES string of the molecule is CCCN(CCC)C(CC)(c1cccc(-c2c(C)cc(C)cc2C)n1)C(OCC)C(CC)(C(=O)O)C(=O)O. The lowest BCUT2D eigenvalue weighted by atomic mass is 9.67. The van der Waals surface area contributed by atoms with Gasteiger partial charge in [0, 0.05) is 12.2 Å². The Labute approximate surface area is 228 Å². The highest BCUT2D eigenvalue weighted by molar-refractivity contribution is 5.99. The zero-order chi connectivity index (χ0) is 28.7. The third kappa shape index (κ3) is 5.64. The van der Waals surface area contributed by atoms with Crippen molar-refractivity contribution in [3.63, 3.8) is 0 Å². The average molecular weight is 527 g/mol. The van der Waals surface area contributed by atoms with E-state index in [2.05, 4.69) is 51.7 Å². The summed E-state index contributed by atoms with van der Waals surface area (Å²) in [6.45, 7) is 17.2. The van der Waals surface area contributed by atoms with E-state index in [-0.39, 0.29) is 13.0 Å². The molecule has 0 saturated heterocycles. The lowest BCUT2D eigenvalue weighted by Gasteiger charge is -2.52. The number of carbonyl (C=O) groups is 2. The second kappa shape index (κ2) is 13.3. The second-order valence-corrected chi connectivity index (χ2v) is 10.2. The topological polar surface area (TPSA) is 100.0 Å². The molecule has 7 heteroatoms. The Bertz CT molecular complexity index is 1070. The van der Waals surface area contributed by atoms with Crippen LogP contribution in [-0.2, 0) is 19.9 Å². The minimum Gasteiger partial charge on any atom is -0.480 e. The minimum atomic E-state index is -2.15. The van der Waals surface area contributed by atoms with Crippen molar-refractivity contribution in [1.29, 1.82) is 0 Å². The molecule has 210 valence electrons. The molecule has 2 N–H and O–H groups in total. The van der Waals surface area contributed by atoms with E-state index < -0.39 is 29.0 Å². The molecule has 2 aromatic rings. The summed E-state index contributed by atoms with van der Waals surface area (Å²) in [7, 11) is 0. The molecule has 0 amide bonds. The van der Waals surface area contributed by atoms with Gasteiger partial charge in [-0.15, -0.1) is 0 Å². The molecule has 0 saturated carbocycles. The Kier molecular flexibility index (Phi) is 11.0. The number of aromatic nitrogens is 1. The van der Waals surface area contributed by atoms with E-state index >= 15 is 0 Å². The van der Waals surface area contributed by atoms with Crippen LogP contribution < -0.4 is 0 Å². The van der Waals surface area contributed by atoms with Gasteiger partial charge in [-0.1, -0.05) is 51.5 Å². The largest absolute Gasteiger partial charge is 0.480 e. The first-order chi connectivity index (χ1) is 18.0. The van der Waals surface area contributed by atoms with Crippen LogP contribution in [0.3, 0.4) is 0 Å². The van der Waals surface area contributed by atoms with Gasteiger partial charge in [-0.3, -0.25) is 19.5 Å². The molecule has 1 aromatic carbocycles. The maximum absolute atomic E-state index is 12.9. The number of carboxylic acids is 2. The van der Waals surface area contributed by atoms with Gasteiger partial charge in [-0.2, -0.15) is 0 Å². The normalized spacial score (nSPS) is 14.3. The lowest BCUT2D eigenvalue weighted by Crippen LogP contribution is -2.65. The third-order valence-corrected chi connectivity index (χ3v) is 7.75. The van der Waals surface area contributed by atoms with Crippen molar-refractivity contribution in [2.24, 2.45) is 5.41 Å². The Morgan fingerprint density at radius 2 is 1.47 bits per heavy atom. The summed E-state index contributed by atoms with van der Waals surface area (Å²) in [6, 6.07) is 10.1. The number of rotatable bonds is 15. The number of benzene rings is 1. The van der Waals surface area contributed by atoms with Crippen molar-refractivity contribution in [3.8, 4) is 11.3 Å². The maximum atomic E-state index is 12.9. The van der Waals surface area contributed by atoms with Crippen LogP contribution in [0.2, 0.25) is 0 Å². The highest BCUT2D eigenvalue weighted by atomic mass is 16.5. The van der Waals surface area contributed by atoms with Gasteiger partial charge < -0.3 is 14.9 Å². The summed E-state index contributed by atoms with van der Waals surface area (Å²) in [6.07, 6.45) is 0.769. The number of aryl methyl sites for hydroxylation is 3. The summed E-state index contributed by atoms with van der Waals surface area (Å²) in [5.41, 5.74) is 2.60. The molecule has 38 heavy (non-hydrogen) atoms. The molecule has 0 spiro atoms. The van der Waals surface area contributed by atoms with Gasteiger partial charge in [0.1, 0.15) is 6.10 Å². The predicted octanol–water partition coefficient (Wildman–Crippen LogP) is 6.37. The van der Waals surface area contributed by atoms with Crippen LogP contribution in [0.15, 0.2) is 30.3 Å². The van der Waals surface area contributed by atoms with Gasteiger partial charge in [0.15, 0.2) is 5.41 Å². The molecular weight excluding hydrogens is 480 g/mol. The molecule has 7 nitrogen and oxygen atoms in total. The molecule has 2 unspecified atom stereocenters. The van der Waals surface area contributed by atoms with Crippen molar-refractivity contribution in [2.75, 3.05) is 19.7 Å². The van der Waals surface area contributed by atoms with Crippen LogP contribution in [0.5, 0.6) is 0 Å². The number of hydrogen-bond donors (Lipinski definition) is 2. The van der Waals surface area contributed by atoms with Gasteiger partial charge in [0.05, 0.1) is 16.9 Å². The van der Waals surface area contributed by atoms with Gasteiger partial charge >= 0.3 is 11.9 Å². The van der Waals surface area contributed by atoms with Crippen LogP contribution >= 0.6 is 0 Å². The Morgan fingerprint density at radius 3 is 1.89 bits per heavy atom. The van der Waals surface area contributed by atoms with Crippen LogP contribution in [0.4, 0.5) is 0 Å². The highest BCUT2D eigenvalue weighted by Crippen LogP contribution is 2.47. The molecular formula is C31H46N2O5. The third-order valence-electron chi connectivity index (χ3n) is 7.75. The molecule has 2 rings (SSSR count). The summed E-state index contributed by atoms with van der Waals surface area (Å²) < 4.78 is 6.27. The van der Waals surface area contributed by atoms with Crippen molar-refractivity contribution < 1.29 is 24.5 Å². The number of aliphatic carboxylic acids is 2. The minimum absolute atomic E-state index is 0.119. The van der Waals surface area contributed by atoms with Crippen LogP contribution in [0, 0.1) is 26.2 Å². The molecule has 2 atom stereocenters. The van der Waals surface area contributed by atoms with E-state index in [4.69, 9.17) is 9.72 Å². The first-order valence-electron chi connectivity index (χ1n) is 13.9. The zero-order valence-electron chi connectivity index (χ0n) is 24.4. The lowest BCUT2D eigenvalue weighted by molar-refractivity contribution is -0.195.